The molecule has 0 heterocycles. The Morgan fingerprint density at radius 3 is 2.25 bits per heavy atom. The molecule has 0 atom stereocenters. The normalized spacial score (nSPS) is 11.8. The molecule has 0 unspecified atom stereocenters. The second-order valence-corrected chi connectivity index (χ2v) is 8.64. The maximum absolute atomic E-state index is 12.4. The lowest BCUT2D eigenvalue weighted by molar-refractivity contribution is 0.417. The van der Waals surface area contributed by atoms with Gasteiger partial charge in [-0.2, -0.15) is 0 Å². The summed E-state index contributed by atoms with van der Waals surface area (Å²) >= 11 is 0. The summed E-state index contributed by atoms with van der Waals surface area (Å²) in [6.07, 6.45) is 0.996. The van der Waals surface area contributed by atoms with Crippen molar-refractivity contribution in [3.8, 4) is 5.75 Å². The molecule has 0 saturated carbocycles. The summed E-state index contributed by atoms with van der Waals surface area (Å²) in [6.45, 7) is 1.79. The van der Waals surface area contributed by atoms with Crippen LogP contribution in [0.4, 0.5) is 11.4 Å². The first kappa shape index (κ1) is 18.1. The van der Waals surface area contributed by atoms with Gasteiger partial charge in [0.15, 0.2) is 0 Å². The van der Waals surface area contributed by atoms with Crippen molar-refractivity contribution < 1.29 is 21.6 Å². The van der Waals surface area contributed by atoms with Crippen molar-refractivity contribution in [1.29, 1.82) is 0 Å². The van der Waals surface area contributed by atoms with E-state index in [2.05, 4.69) is 9.44 Å². The van der Waals surface area contributed by atoms with Crippen LogP contribution < -0.4 is 14.2 Å². The third-order valence-electron chi connectivity index (χ3n) is 3.05. The molecule has 2 rings (SSSR count). The summed E-state index contributed by atoms with van der Waals surface area (Å²) in [6, 6.07) is 10.8. The van der Waals surface area contributed by atoms with Crippen LogP contribution in [0, 0.1) is 6.92 Å². The number of methoxy groups -OCH3 is 1. The minimum atomic E-state index is -3.78. The van der Waals surface area contributed by atoms with Gasteiger partial charge < -0.3 is 4.74 Å². The predicted molar refractivity (Wildman–Crippen MR) is 93.4 cm³/mol. The van der Waals surface area contributed by atoms with Gasteiger partial charge in [-0.25, -0.2) is 16.8 Å². The molecule has 2 N–H and O–H groups in total. The maximum atomic E-state index is 12.4. The van der Waals surface area contributed by atoms with Crippen LogP contribution in [0.1, 0.15) is 5.56 Å². The van der Waals surface area contributed by atoms with Gasteiger partial charge in [0.25, 0.3) is 10.0 Å². The van der Waals surface area contributed by atoms with E-state index in [1.807, 2.05) is 0 Å². The minimum Gasteiger partial charge on any atom is -0.495 e. The molecule has 0 spiro atoms. The first-order chi connectivity index (χ1) is 11.1. The summed E-state index contributed by atoms with van der Waals surface area (Å²) in [5.74, 6) is 0.277. The monoisotopic (exact) mass is 370 g/mol. The topological polar surface area (TPSA) is 102 Å². The molecule has 24 heavy (non-hydrogen) atoms. The molecule has 0 aliphatic rings. The van der Waals surface area contributed by atoms with Crippen LogP contribution in [0.3, 0.4) is 0 Å². The van der Waals surface area contributed by atoms with Gasteiger partial charge in [-0.15, -0.1) is 0 Å². The average Bonchev–Trinajstić information content (AvgIpc) is 2.45. The van der Waals surface area contributed by atoms with Gasteiger partial charge in [-0.3, -0.25) is 9.44 Å². The van der Waals surface area contributed by atoms with Crippen LogP contribution in [-0.2, 0) is 20.0 Å². The molecule has 7 nitrogen and oxygen atoms in total. The number of benzene rings is 2. The lowest BCUT2D eigenvalue weighted by atomic mass is 10.2. The van der Waals surface area contributed by atoms with Crippen LogP contribution in [0.15, 0.2) is 47.4 Å². The predicted octanol–water partition coefficient (Wildman–Crippen LogP) is 2.18. The van der Waals surface area contributed by atoms with Crippen molar-refractivity contribution in [2.45, 2.75) is 11.8 Å². The van der Waals surface area contributed by atoms with E-state index < -0.39 is 20.0 Å². The van der Waals surface area contributed by atoms with Crippen molar-refractivity contribution in [2.75, 3.05) is 22.8 Å². The van der Waals surface area contributed by atoms with E-state index in [9.17, 15) is 16.8 Å². The van der Waals surface area contributed by atoms with Gasteiger partial charge in [-0.05, 0) is 42.8 Å². The second kappa shape index (κ2) is 6.70. The Hall–Kier alpha value is -2.26. The lowest BCUT2D eigenvalue weighted by Crippen LogP contribution is -2.14. The number of hydrogen-bond acceptors (Lipinski definition) is 5. The summed E-state index contributed by atoms with van der Waals surface area (Å²) in [5.41, 5.74) is 1.17. The Balaban J connectivity index is 2.37. The van der Waals surface area contributed by atoms with E-state index >= 15 is 0 Å². The van der Waals surface area contributed by atoms with Crippen molar-refractivity contribution in [3.63, 3.8) is 0 Å². The highest BCUT2D eigenvalue weighted by Gasteiger charge is 2.16. The largest absolute Gasteiger partial charge is 0.495 e. The number of sulfonamides is 2. The fraction of sp³-hybridized carbons (Fsp3) is 0.200. The van der Waals surface area contributed by atoms with Gasteiger partial charge in [-0.1, -0.05) is 12.1 Å². The van der Waals surface area contributed by atoms with Gasteiger partial charge in [0.05, 0.1) is 29.6 Å². The number of nitrogens with one attached hydrogen (secondary N) is 2. The Morgan fingerprint density at radius 2 is 1.67 bits per heavy atom. The summed E-state index contributed by atoms with van der Waals surface area (Å²) in [4.78, 5) is 0.121. The van der Waals surface area contributed by atoms with E-state index in [1.54, 1.807) is 25.1 Å². The molecule has 0 bridgehead atoms. The van der Waals surface area contributed by atoms with Crippen molar-refractivity contribution in [2.24, 2.45) is 0 Å². The smallest absolute Gasteiger partial charge is 0.261 e. The Kier molecular flexibility index (Phi) is 5.05. The molecular weight excluding hydrogens is 352 g/mol. The molecule has 0 aliphatic carbocycles. The molecule has 0 saturated heterocycles. The van der Waals surface area contributed by atoms with E-state index in [-0.39, 0.29) is 22.0 Å². The van der Waals surface area contributed by atoms with E-state index in [0.717, 1.165) is 11.8 Å². The number of rotatable bonds is 6. The highest BCUT2D eigenvalue weighted by Crippen LogP contribution is 2.29. The molecule has 0 amide bonds. The molecule has 0 aromatic heterocycles. The number of ether oxygens (including phenoxy) is 1. The number of hydrogen-bond donors (Lipinski definition) is 2. The van der Waals surface area contributed by atoms with Crippen molar-refractivity contribution in [1.82, 2.24) is 0 Å². The van der Waals surface area contributed by atoms with Gasteiger partial charge in [0, 0.05) is 0 Å². The molecule has 2 aromatic carbocycles. The van der Waals surface area contributed by atoms with Gasteiger partial charge in [0.1, 0.15) is 5.75 Å². The SMILES string of the molecule is COc1ccc(NS(=O)(=O)c2cccc(C)c2)cc1NS(C)(=O)=O. The zero-order chi connectivity index (χ0) is 18.0. The van der Waals surface area contributed by atoms with Gasteiger partial charge in [0.2, 0.25) is 10.0 Å². The molecule has 2 aromatic rings. The van der Waals surface area contributed by atoms with Crippen LogP contribution >= 0.6 is 0 Å². The first-order valence-corrected chi connectivity index (χ1v) is 10.2. The zero-order valence-corrected chi connectivity index (χ0v) is 15.0. The Bertz CT molecular complexity index is 954. The molecule has 130 valence electrons. The van der Waals surface area contributed by atoms with Crippen molar-refractivity contribution >= 4 is 31.4 Å². The van der Waals surface area contributed by atoms with E-state index in [1.165, 1.54) is 31.4 Å². The molecule has 0 aliphatic heterocycles. The van der Waals surface area contributed by atoms with Crippen LogP contribution in [0.2, 0.25) is 0 Å². The molecular formula is C15H18N2O5S2. The standard InChI is InChI=1S/C15H18N2O5S2/c1-11-5-4-6-13(9-11)24(20,21)16-12-7-8-15(22-2)14(10-12)17-23(3,18)19/h4-10,16-17H,1-3H3. The first-order valence-electron chi connectivity index (χ1n) is 6.86. The molecule has 9 heteroatoms. The fourth-order valence-electron chi connectivity index (χ4n) is 2.05. The third kappa shape index (κ3) is 4.62. The Labute approximate surface area is 141 Å². The number of anilines is 2. The zero-order valence-electron chi connectivity index (χ0n) is 13.4. The van der Waals surface area contributed by atoms with Crippen molar-refractivity contribution in [3.05, 3.63) is 48.0 Å². The van der Waals surface area contributed by atoms with Crippen LogP contribution in [-0.4, -0.2) is 30.2 Å². The van der Waals surface area contributed by atoms with E-state index in [4.69, 9.17) is 4.74 Å². The molecule has 0 fully saturated rings. The third-order valence-corrected chi connectivity index (χ3v) is 5.02. The average molecular weight is 370 g/mol. The quantitative estimate of drug-likeness (QED) is 0.811. The van der Waals surface area contributed by atoms with Crippen LogP contribution in [0.25, 0.3) is 0 Å². The second-order valence-electron chi connectivity index (χ2n) is 5.21. The highest BCUT2D eigenvalue weighted by atomic mass is 32.2. The minimum absolute atomic E-state index is 0.121. The van der Waals surface area contributed by atoms with Gasteiger partial charge >= 0.3 is 0 Å². The Morgan fingerprint density at radius 1 is 0.958 bits per heavy atom. The summed E-state index contributed by atoms with van der Waals surface area (Å²) in [7, 11) is -5.93. The summed E-state index contributed by atoms with van der Waals surface area (Å²) < 4.78 is 57.5. The lowest BCUT2D eigenvalue weighted by Gasteiger charge is -2.13. The highest BCUT2D eigenvalue weighted by molar-refractivity contribution is 7.92. The maximum Gasteiger partial charge on any atom is 0.261 e. The van der Waals surface area contributed by atoms with Crippen LogP contribution in [0.5, 0.6) is 5.75 Å². The summed E-state index contributed by atoms with van der Waals surface area (Å²) in [5, 5.41) is 0. The number of aryl methyl sites for hydroxylation is 1. The molecule has 0 radical (unpaired) electrons. The fourth-order valence-corrected chi connectivity index (χ4v) is 3.76. The van der Waals surface area contributed by atoms with E-state index in [0.29, 0.717) is 0 Å².